The highest BCUT2D eigenvalue weighted by molar-refractivity contribution is 5.36. The normalized spacial score (nSPS) is 26.3. The van der Waals surface area contributed by atoms with E-state index in [1.54, 1.807) is 6.92 Å². The summed E-state index contributed by atoms with van der Waals surface area (Å²) in [4.78, 5) is 35.2. The van der Waals surface area contributed by atoms with Crippen LogP contribution in [0.2, 0.25) is 0 Å². The Bertz CT molecular complexity index is 577. The molecule has 0 aliphatic carbocycles. The molecule has 1 unspecified atom stereocenters. The topological polar surface area (TPSA) is 111 Å². The molecule has 1 aromatic rings. The summed E-state index contributed by atoms with van der Waals surface area (Å²) in [5, 5.41) is 9.75. The number of hydrogen-bond acceptors (Lipinski definition) is 6. The number of ether oxygens (including phenoxy) is 2. The minimum atomic E-state index is -0.843. The monoisotopic (exact) mass is 270 g/mol. The number of aryl methyl sites for hydroxylation is 1. The molecule has 0 saturated carbocycles. The van der Waals surface area contributed by atoms with Crippen LogP contribution >= 0.6 is 0 Å². The van der Waals surface area contributed by atoms with E-state index in [0.717, 1.165) is 0 Å². The van der Waals surface area contributed by atoms with Gasteiger partial charge in [-0.15, -0.1) is 0 Å². The van der Waals surface area contributed by atoms with E-state index in [-0.39, 0.29) is 19.5 Å². The number of aliphatic hydroxyl groups excluding tert-OH is 1. The minimum absolute atomic E-state index is 0.0851. The van der Waals surface area contributed by atoms with Crippen LogP contribution in [0, 0.1) is 6.92 Å². The number of H-pyrrole nitrogens is 1. The molecule has 1 saturated heterocycles. The van der Waals surface area contributed by atoms with Gasteiger partial charge in [-0.25, -0.2) is 4.79 Å². The van der Waals surface area contributed by atoms with Gasteiger partial charge >= 0.3 is 5.69 Å². The molecule has 0 spiro atoms. The number of nitrogens with one attached hydrogen (secondary N) is 1. The van der Waals surface area contributed by atoms with Crippen LogP contribution in [-0.2, 0) is 14.3 Å². The number of aliphatic hydroxyl groups is 1. The van der Waals surface area contributed by atoms with Gasteiger partial charge in [-0.3, -0.25) is 19.1 Å². The number of rotatable bonds is 4. The van der Waals surface area contributed by atoms with E-state index in [1.807, 2.05) is 0 Å². The van der Waals surface area contributed by atoms with E-state index in [1.165, 1.54) is 10.8 Å². The second-order valence-electron chi connectivity index (χ2n) is 4.34. The van der Waals surface area contributed by atoms with Crippen molar-refractivity contribution in [1.82, 2.24) is 9.55 Å². The molecular formula is C11H14N2O6. The Balaban J connectivity index is 2.20. The Hall–Kier alpha value is -1.93. The zero-order valence-electron chi connectivity index (χ0n) is 10.2. The van der Waals surface area contributed by atoms with Crippen LogP contribution in [0.25, 0.3) is 0 Å². The Labute approximate surface area is 107 Å². The average molecular weight is 270 g/mol. The van der Waals surface area contributed by atoms with Crippen LogP contribution < -0.4 is 11.2 Å². The maximum atomic E-state index is 11.7. The van der Waals surface area contributed by atoms with E-state index in [4.69, 9.17) is 4.74 Å². The van der Waals surface area contributed by atoms with Crippen LogP contribution in [-0.4, -0.2) is 39.9 Å². The second kappa shape index (κ2) is 5.37. The summed E-state index contributed by atoms with van der Waals surface area (Å²) in [7, 11) is 0. The van der Waals surface area contributed by atoms with Crippen molar-refractivity contribution in [3.05, 3.63) is 32.6 Å². The lowest BCUT2D eigenvalue weighted by molar-refractivity contribution is -0.135. The lowest BCUT2D eigenvalue weighted by Gasteiger charge is -2.15. The molecule has 2 N–H and O–H groups in total. The maximum absolute atomic E-state index is 11.7. The van der Waals surface area contributed by atoms with Crippen LogP contribution in [0.3, 0.4) is 0 Å². The summed E-state index contributed by atoms with van der Waals surface area (Å²) in [6, 6.07) is 0. The molecule has 2 rings (SSSR count). The number of carbonyl (C=O) groups is 1. The lowest BCUT2D eigenvalue weighted by atomic mass is 10.2. The van der Waals surface area contributed by atoms with Crippen LogP contribution in [0.15, 0.2) is 15.8 Å². The minimum Gasteiger partial charge on any atom is -0.465 e. The maximum Gasteiger partial charge on any atom is 0.330 e. The molecule has 0 radical (unpaired) electrons. The Morgan fingerprint density at radius 3 is 3.05 bits per heavy atom. The standard InChI is InChI=1S/C11H14N2O6/c1-6-3-13(11(17)12-10(6)16)9-2-7(15)8(19-9)4-18-5-14/h3,5,7-9,15H,2,4H2,1H3,(H,12,16,17)/t7?,8-,9-/m1/s1. The number of hydrogen-bond donors (Lipinski definition) is 2. The Morgan fingerprint density at radius 2 is 2.37 bits per heavy atom. The van der Waals surface area contributed by atoms with Gasteiger partial charge < -0.3 is 14.6 Å². The van der Waals surface area contributed by atoms with Crippen molar-refractivity contribution >= 4 is 6.47 Å². The first kappa shape index (κ1) is 13.5. The summed E-state index contributed by atoms with van der Waals surface area (Å²) < 4.78 is 11.2. The average Bonchev–Trinajstić information content (AvgIpc) is 2.72. The van der Waals surface area contributed by atoms with Crippen LogP contribution in [0.4, 0.5) is 0 Å². The van der Waals surface area contributed by atoms with E-state index < -0.39 is 29.7 Å². The van der Waals surface area contributed by atoms with Gasteiger partial charge in [0.25, 0.3) is 12.0 Å². The molecule has 1 aliphatic rings. The van der Waals surface area contributed by atoms with Gasteiger partial charge in [0.05, 0.1) is 6.10 Å². The predicted octanol–water partition coefficient (Wildman–Crippen LogP) is -1.33. The fourth-order valence-electron chi connectivity index (χ4n) is 1.97. The molecular weight excluding hydrogens is 256 g/mol. The number of aromatic amines is 1. The van der Waals surface area contributed by atoms with Crippen molar-refractivity contribution in [2.45, 2.75) is 31.8 Å². The van der Waals surface area contributed by atoms with E-state index >= 15 is 0 Å². The van der Waals surface area contributed by atoms with Crippen molar-refractivity contribution in [2.75, 3.05) is 6.61 Å². The van der Waals surface area contributed by atoms with Crippen molar-refractivity contribution in [3.8, 4) is 0 Å². The zero-order valence-corrected chi connectivity index (χ0v) is 10.2. The number of aromatic nitrogens is 2. The summed E-state index contributed by atoms with van der Waals surface area (Å²) >= 11 is 0. The first-order chi connectivity index (χ1) is 9.02. The Morgan fingerprint density at radius 1 is 1.63 bits per heavy atom. The molecule has 8 heteroatoms. The van der Waals surface area contributed by atoms with Gasteiger partial charge in [-0.2, -0.15) is 0 Å². The number of carbonyl (C=O) groups excluding carboxylic acids is 1. The molecule has 3 atom stereocenters. The molecule has 8 nitrogen and oxygen atoms in total. The molecule has 104 valence electrons. The van der Waals surface area contributed by atoms with Crippen LogP contribution in [0.5, 0.6) is 0 Å². The first-order valence-electron chi connectivity index (χ1n) is 5.73. The summed E-state index contributed by atoms with van der Waals surface area (Å²) in [5.41, 5.74) is -0.698. The molecule has 19 heavy (non-hydrogen) atoms. The van der Waals surface area contributed by atoms with Crippen molar-refractivity contribution < 1.29 is 19.4 Å². The predicted molar refractivity (Wildman–Crippen MR) is 62.6 cm³/mol. The van der Waals surface area contributed by atoms with E-state index in [0.29, 0.717) is 5.56 Å². The van der Waals surface area contributed by atoms with Crippen molar-refractivity contribution in [1.29, 1.82) is 0 Å². The Kier molecular flexibility index (Phi) is 3.82. The van der Waals surface area contributed by atoms with Gasteiger partial charge in [0.1, 0.15) is 18.9 Å². The third-order valence-corrected chi connectivity index (χ3v) is 2.99. The molecule has 0 amide bonds. The van der Waals surface area contributed by atoms with Gasteiger partial charge in [0.15, 0.2) is 0 Å². The zero-order chi connectivity index (χ0) is 14.0. The largest absolute Gasteiger partial charge is 0.465 e. The van der Waals surface area contributed by atoms with Gasteiger partial charge in [0, 0.05) is 18.2 Å². The van der Waals surface area contributed by atoms with Crippen LogP contribution in [0.1, 0.15) is 18.2 Å². The second-order valence-corrected chi connectivity index (χ2v) is 4.34. The fraction of sp³-hybridized carbons (Fsp3) is 0.545. The first-order valence-corrected chi connectivity index (χ1v) is 5.73. The highest BCUT2D eigenvalue weighted by Crippen LogP contribution is 2.27. The third kappa shape index (κ3) is 2.74. The van der Waals surface area contributed by atoms with Gasteiger partial charge in [-0.05, 0) is 6.92 Å². The molecule has 0 aromatic carbocycles. The summed E-state index contributed by atoms with van der Waals surface area (Å²) in [6.45, 7) is 1.74. The smallest absolute Gasteiger partial charge is 0.330 e. The molecule has 1 aromatic heterocycles. The van der Waals surface area contributed by atoms with Crippen molar-refractivity contribution in [2.24, 2.45) is 0 Å². The number of nitrogens with zero attached hydrogens (tertiary/aromatic N) is 1. The van der Waals surface area contributed by atoms with Crippen molar-refractivity contribution in [3.63, 3.8) is 0 Å². The quantitative estimate of drug-likeness (QED) is 0.656. The SMILES string of the molecule is Cc1cn([C@H]2CC(O)[C@@H](COC=O)O2)c(=O)[nH]c1=O. The third-order valence-electron chi connectivity index (χ3n) is 2.99. The highest BCUT2D eigenvalue weighted by atomic mass is 16.6. The van der Waals surface area contributed by atoms with E-state index in [9.17, 15) is 19.5 Å². The van der Waals surface area contributed by atoms with Gasteiger partial charge in [0.2, 0.25) is 0 Å². The lowest BCUT2D eigenvalue weighted by Crippen LogP contribution is -2.33. The molecule has 1 fully saturated rings. The van der Waals surface area contributed by atoms with Gasteiger partial charge in [-0.1, -0.05) is 0 Å². The molecule has 1 aliphatic heterocycles. The molecule has 2 heterocycles. The van der Waals surface area contributed by atoms with E-state index in [2.05, 4.69) is 9.72 Å². The highest BCUT2D eigenvalue weighted by Gasteiger charge is 2.35. The fourth-order valence-corrected chi connectivity index (χ4v) is 1.97. The summed E-state index contributed by atoms with van der Waals surface area (Å²) in [5.74, 6) is 0. The summed E-state index contributed by atoms with van der Waals surface area (Å²) in [6.07, 6.45) is -0.670. The molecule has 0 bridgehead atoms.